The highest BCUT2D eigenvalue weighted by Gasteiger charge is 2.07. The summed E-state index contributed by atoms with van der Waals surface area (Å²) in [5, 5.41) is 1.20. The summed E-state index contributed by atoms with van der Waals surface area (Å²) >= 11 is 0. The number of aryl methyl sites for hydroxylation is 1. The summed E-state index contributed by atoms with van der Waals surface area (Å²) in [5.41, 5.74) is 4.72. The Bertz CT molecular complexity index is 939. The van der Waals surface area contributed by atoms with Gasteiger partial charge in [-0.2, -0.15) is 0 Å². The molecule has 4 rings (SSSR count). The zero-order valence-electron chi connectivity index (χ0n) is 12.3. The molecule has 0 bridgehead atoms. The van der Waals surface area contributed by atoms with E-state index in [0.717, 1.165) is 16.9 Å². The quantitative estimate of drug-likeness (QED) is 0.546. The molecule has 3 heteroatoms. The van der Waals surface area contributed by atoms with E-state index in [1.54, 1.807) is 0 Å². The lowest BCUT2D eigenvalue weighted by Crippen LogP contribution is -1.94. The van der Waals surface area contributed by atoms with Crippen molar-refractivity contribution in [3.63, 3.8) is 0 Å². The Balaban J connectivity index is 1.92. The predicted molar refractivity (Wildman–Crippen MR) is 89.0 cm³/mol. The summed E-state index contributed by atoms with van der Waals surface area (Å²) in [7, 11) is 0. The molecule has 22 heavy (non-hydrogen) atoms. The Morgan fingerprint density at radius 1 is 0.955 bits per heavy atom. The van der Waals surface area contributed by atoms with Crippen molar-refractivity contribution in [2.24, 2.45) is 0 Å². The van der Waals surface area contributed by atoms with Crippen LogP contribution in [0.25, 0.3) is 27.8 Å². The standard InChI is InChI=1S/C19H15N3/c1-14-7-10-20-13-17(14)16-6-5-15-8-11-22(18(15)12-16)19-4-2-3-9-21-19/h2-13H,1H3. The minimum atomic E-state index is 0.928. The topological polar surface area (TPSA) is 30.7 Å². The van der Waals surface area contributed by atoms with Gasteiger partial charge in [-0.25, -0.2) is 4.98 Å². The number of pyridine rings is 2. The van der Waals surface area contributed by atoms with Gasteiger partial charge in [-0.1, -0.05) is 18.2 Å². The lowest BCUT2D eigenvalue weighted by molar-refractivity contribution is 1.04. The highest BCUT2D eigenvalue weighted by molar-refractivity contribution is 5.87. The van der Waals surface area contributed by atoms with Crippen molar-refractivity contribution >= 4 is 10.9 Å². The fourth-order valence-corrected chi connectivity index (χ4v) is 2.76. The molecule has 1 aromatic carbocycles. The van der Waals surface area contributed by atoms with E-state index in [4.69, 9.17) is 0 Å². The van der Waals surface area contributed by atoms with Crippen LogP contribution in [0.5, 0.6) is 0 Å². The van der Waals surface area contributed by atoms with Crippen LogP contribution in [0, 0.1) is 6.92 Å². The van der Waals surface area contributed by atoms with Gasteiger partial charge in [0.15, 0.2) is 0 Å². The van der Waals surface area contributed by atoms with E-state index in [1.165, 1.54) is 16.5 Å². The SMILES string of the molecule is Cc1ccncc1-c1ccc2ccn(-c3ccccn3)c2c1. The van der Waals surface area contributed by atoms with Crippen molar-refractivity contribution in [3.05, 3.63) is 78.9 Å². The van der Waals surface area contributed by atoms with Crippen LogP contribution >= 0.6 is 0 Å². The molecule has 0 aliphatic heterocycles. The summed E-state index contributed by atoms with van der Waals surface area (Å²) in [6, 6.07) is 16.6. The largest absolute Gasteiger partial charge is 0.301 e. The third kappa shape index (κ3) is 2.07. The van der Waals surface area contributed by atoms with Crippen molar-refractivity contribution in [2.75, 3.05) is 0 Å². The Morgan fingerprint density at radius 2 is 1.91 bits per heavy atom. The fourth-order valence-electron chi connectivity index (χ4n) is 2.76. The van der Waals surface area contributed by atoms with Crippen LogP contribution in [0.2, 0.25) is 0 Å². The second-order valence-electron chi connectivity index (χ2n) is 5.34. The fraction of sp³-hybridized carbons (Fsp3) is 0.0526. The number of rotatable bonds is 2. The first-order valence-electron chi connectivity index (χ1n) is 7.26. The molecule has 0 saturated carbocycles. The van der Waals surface area contributed by atoms with Crippen molar-refractivity contribution in [1.29, 1.82) is 0 Å². The highest BCUT2D eigenvalue weighted by Crippen LogP contribution is 2.28. The molecule has 0 aliphatic rings. The average Bonchev–Trinajstić information content (AvgIpc) is 2.99. The van der Waals surface area contributed by atoms with Crippen molar-refractivity contribution < 1.29 is 0 Å². The molecular weight excluding hydrogens is 270 g/mol. The molecule has 3 heterocycles. The van der Waals surface area contributed by atoms with Gasteiger partial charge in [-0.3, -0.25) is 4.98 Å². The van der Waals surface area contributed by atoms with E-state index >= 15 is 0 Å². The molecule has 0 unspecified atom stereocenters. The average molecular weight is 285 g/mol. The smallest absolute Gasteiger partial charge is 0.137 e. The molecule has 0 N–H and O–H groups in total. The number of benzene rings is 1. The lowest BCUT2D eigenvalue weighted by atomic mass is 10.0. The summed E-state index contributed by atoms with van der Waals surface area (Å²) in [4.78, 5) is 8.69. The maximum Gasteiger partial charge on any atom is 0.137 e. The van der Waals surface area contributed by atoms with E-state index < -0.39 is 0 Å². The molecule has 0 radical (unpaired) electrons. The minimum absolute atomic E-state index is 0.928. The number of hydrogen-bond donors (Lipinski definition) is 0. The Kier molecular flexibility index (Phi) is 2.97. The number of fused-ring (bicyclic) bond motifs is 1. The molecule has 0 amide bonds. The van der Waals surface area contributed by atoms with E-state index in [2.05, 4.69) is 51.9 Å². The second-order valence-corrected chi connectivity index (χ2v) is 5.34. The number of hydrogen-bond acceptors (Lipinski definition) is 2. The molecule has 0 spiro atoms. The molecule has 0 saturated heterocycles. The van der Waals surface area contributed by atoms with E-state index in [9.17, 15) is 0 Å². The zero-order chi connectivity index (χ0) is 14.9. The molecular formula is C19H15N3. The van der Waals surface area contributed by atoms with Gasteiger partial charge in [0.05, 0.1) is 5.52 Å². The van der Waals surface area contributed by atoms with Crippen molar-refractivity contribution in [2.45, 2.75) is 6.92 Å². The van der Waals surface area contributed by atoms with Gasteiger partial charge < -0.3 is 4.57 Å². The Morgan fingerprint density at radius 3 is 2.73 bits per heavy atom. The first-order chi connectivity index (χ1) is 10.8. The lowest BCUT2D eigenvalue weighted by Gasteiger charge is -2.08. The Hall–Kier alpha value is -2.94. The van der Waals surface area contributed by atoms with Gasteiger partial charge >= 0.3 is 0 Å². The van der Waals surface area contributed by atoms with Crippen molar-refractivity contribution in [3.8, 4) is 16.9 Å². The summed E-state index contributed by atoms with van der Waals surface area (Å²) in [6.45, 7) is 2.11. The van der Waals surface area contributed by atoms with Gasteiger partial charge in [-0.15, -0.1) is 0 Å². The van der Waals surface area contributed by atoms with Crippen LogP contribution in [0.15, 0.2) is 73.3 Å². The van der Waals surface area contributed by atoms with E-state index in [-0.39, 0.29) is 0 Å². The Labute approximate surface area is 128 Å². The number of aromatic nitrogens is 3. The predicted octanol–water partition coefficient (Wildman–Crippen LogP) is 4.40. The summed E-state index contributed by atoms with van der Waals surface area (Å²) in [5.74, 6) is 0.928. The first kappa shape index (κ1) is 12.8. The monoisotopic (exact) mass is 285 g/mol. The van der Waals surface area contributed by atoms with Gasteiger partial charge in [0.25, 0.3) is 0 Å². The zero-order valence-corrected chi connectivity index (χ0v) is 12.3. The van der Waals surface area contributed by atoms with Crippen LogP contribution in [-0.2, 0) is 0 Å². The molecule has 4 aromatic rings. The first-order valence-corrected chi connectivity index (χ1v) is 7.26. The third-order valence-electron chi connectivity index (χ3n) is 3.94. The van der Waals surface area contributed by atoms with Gasteiger partial charge in [0.1, 0.15) is 5.82 Å². The van der Waals surface area contributed by atoms with Gasteiger partial charge in [0, 0.05) is 35.7 Å². The van der Waals surface area contributed by atoms with Crippen molar-refractivity contribution in [1.82, 2.24) is 14.5 Å². The molecule has 106 valence electrons. The maximum atomic E-state index is 4.44. The molecule has 3 aromatic heterocycles. The molecule has 0 fully saturated rings. The molecule has 0 aliphatic carbocycles. The molecule has 0 atom stereocenters. The van der Waals surface area contributed by atoms with Crippen LogP contribution in [-0.4, -0.2) is 14.5 Å². The number of nitrogens with zero attached hydrogens (tertiary/aromatic N) is 3. The highest BCUT2D eigenvalue weighted by atomic mass is 15.0. The van der Waals surface area contributed by atoms with Crippen LogP contribution in [0.1, 0.15) is 5.56 Å². The maximum absolute atomic E-state index is 4.44. The summed E-state index contributed by atoms with van der Waals surface area (Å²) in [6.07, 6.45) is 7.63. The second kappa shape index (κ2) is 5.11. The van der Waals surface area contributed by atoms with Crippen LogP contribution < -0.4 is 0 Å². The van der Waals surface area contributed by atoms with E-state index in [0.29, 0.717) is 0 Å². The van der Waals surface area contributed by atoms with Gasteiger partial charge in [-0.05, 0) is 48.4 Å². The van der Waals surface area contributed by atoms with Crippen LogP contribution in [0.3, 0.4) is 0 Å². The summed E-state index contributed by atoms with van der Waals surface area (Å²) < 4.78 is 2.12. The van der Waals surface area contributed by atoms with Crippen LogP contribution in [0.4, 0.5) is 0 Å². The normalized spacial score (nSPS) is 11.0. The molecule has 3 nitrogen and oxygen atoms in total. The van der Waals surface area contributed by atoms with E-state index in [1.807, 2.05) is 42.9 Å². The third-order valence-corrected chi connectivity index (χ3v) is 3.94. The van der Waals surface area contributed by atoms with Gasteiger partial charge in [0.2, 0.25) is 0 Å². The minimum Gasteiger partial charge on any atom is -0.301 e.